The summed E-state index contributed by atoms with van der Waals surface area (Å²) < 4.78 is 26.7. The van der Waals surface area contributed by atoms with Crippen LogP contribution in [0, 0.1) is 13.8 Å². The molecule has 0 aliphatic carbocycles. The van der Waals surface area contributed by atoms with E-state index >= 15 is 0 Å². The maximum atomic E-state index is 13.9. The Morgan fingerprint density at radius 1 is 0.895 bits per heavy atom. The number of nitrogens with one attached hydrogen (secondary N) is 1. The van der Waals surface area contributed by atoms with E-state index in [-0.39, 0.29) is 18.9 Å². The zero-order valence-corrected chi connectivity index (χ0v) is 24.1. The summed E-state index contributed by atoms with van der Waals surface area (Å²) in [6.45, 7) is 3.33. The lowest BCUT2D eigenvalue weighted by atomic mass is 10.0. The summed E-state index contributed by atoms with van der Waals surface area (Å²) in [4.78, 5) is 28.4. The summed E-state index contributed by atoms with van der Waals surface area (Å²) in [6, 6.07) is 18.6. The molecule has 1 N–H and O–H groups in total. The van der Waals surface area contributed by atoms with Crippen molar-refractivity contribution in [1.29, 1.82) is 0 Å². The molecule has 0 aromatic heterocycles. The van der Waals surface area contributed by atoms with Crippen LogP contribution in [0.1, 0.15) is 22.3 Å². The zero-order valence-electron chi connectivity index (χ0n) is 21.7. The van der Waals surface area contributed by atoms with Crippen LogP contribution < -0.4 is 9.62 Å². The number of hydrogen-bond donors (Lipinski definition) is 1. The number of benzene rings is 3. The van der Waals surface area contributed by atoms with Gasteiger partial charge in [0.15, 0.2) is 0 Å². The normalized spacial score (nSPS) is 12.1. The Bertz CT molecular complexity index is 1410. The van der Waals surface area contributed by atoms with E-state index in [1.807, 2.05) is 50.2 Å². The molecule has 0 aliphatic heterocycles. The second-order valence-electron chi connectivity index (χ2n) is 9.13. The van der Waals surface area contributed by atoms with Crippen molar-refractivity contribution in [2.75, 3.05) is 24.2 Å². The summed E-state index contributed by atoms with van der Waals surface area (Å²) in [7, 11) is -2.32. The van der Waals surface area contributed by atoms with Gasteiger partial charge in [-0.15, -0.1) is 0 Å². The average Bonchev–Trinajstić information content (AvgIpc) is 2.87. The number of halogens is 2. The second kappa shape index (κ2) is 12.7. The minimum absolute atomic E-state index is 0.0190. The van der Waals surface area contributed by atoms with Crippen molar-refractivity contribution in [3.63, 3.8) is 0 Å². The lowest BCUT2D eigenvalue weighted by molar-refractivity contribution is -0.139. The highest BCUT2D eigenvalue weighted by Gasteiger charge is 2.32. The van der Waals surface area contributed by atoms with Crippen LogP contribution >= 0.6 is 23.2 Å². The van der Waals surface area contributed by atoms with Crippen molar-refractivity contribution in [2.24, 2.45) is 0 Å². The van der Waals surface area contributed by atoms with Crippen molar-refractivity contribution in [3.8, 4) is 0 Å². The van der Waals surface area contributed by atoms with Crippen LogP contribution in [0.15, 0.2) is 66.7 Å². The van der Waals surface area contributed by atoms with Gasteiger partial charge in [-0.3, -0.25) is 13.9 Å². The van der Waals surface area contributed by atoms with Gasteiger partial charge in [0.05, 0.1) is 22.0 Å². The first kappa shape index (κ1) is 29.5. The SMILES string of the molecule is CNC(=O)C(Cc1ccccc1)N(Cc1ccc(Cl)c(Cl)c1)C(=O)CN(c1ccc(C)c(C)c1)S(C)(=O)=O. The summed E-state index contributed by atoms with van der Waals surface area (Å²) in [5.41, 5.74) is 3.76. The molecule has 0 bridgehead atoms. The number of likely N-dealkylation sites (N-methyl/N-ethyl adjacent to an activating group) is 1. The first-order valence-electron chi connectivity index (χ1n) is 11.9. The van der Waals surface area contributed by atoms with Gasteiger partial charge in [0, 0.05) is 20.0 Å². The standard InChI is InChI=1S/C28H31Cl2N3O4S/c1-19-10-12-23(14-20(19)2)33(38(4,36)37)18-27(34)32(17-22-11-13-24(29)25(30)15-22)26(28(35)31-3)16-21-8-6-5-7-9-21/h5-15,26H,16-18H2,1-4H3,(H,31,35). The molecule has 0 saturated heterocycles. The minimum atomic E-state index is -3.83. The fraction of sp³-hybridized carbons (Fsp3) is 0.286. The summed E-state index contributed by atoms with van der Waals surface area (Å²) in [5, 5.41) is 3.31. The van der Waals surface area contributed by atoms with Crippen LogP contribution in [-0.2, 0) is 32.6 Å². The van der Waals surface area contributed by atoms with Crippen LogP contribution in [0.4, 0.5) is 5.69 Å². The van der Waals surface area contributed by atoms with Crippen molar-refractivity contribution < 1.29 is 18.0 Å². The molecule has 10 heteroatoms. The largest absolute Gasteiger partial charge is 0.357 e. The minimum Gasteiger partial charge on any atom is -0.357 e. The lowest BCUT2D eigenvalue weighted by Crippen LogP contribution is -2.52. The third-order valence-corrected chi connectivity index (χ3v) is 8.19. The third kappa shape index (κ3) is 7.49. The van der Waals surface area contributed by atoms with Gasteiger partial charge in [0.1, 0.15) is 12.6 Å². The maximum Gasteiger partial charge on any atom is 0.244 e. The molecule has 0 spiro atoms. The molecule has 0 fully saturated rings. The van der Waals surface area contributed by atoms with Crippen molar-refractivity contribution in [1.82, 2.24) is 10.2 Å². The van der Waals surface area contributed by atoms with Crippen molar-refractivity contribution in [2.45, 2.75) is 32.9 Å². The first-order valence-corrected chi connectivity index (χ1v) is 14.5. The van der Waals surface area contributed by atoms with E-state index < -0.39 is 28.5 Å². The third-order valence-electron chi connectivity index (χ3n) is 6.31. The number of hydrogen-bond acceptors (Lipinski definition) is 4. The molecule has 1 unspecified atom stereocenters. The van der Waals surface area contributed by atoms with Crippen LogP contribution in [-0.4, -0.2) is 51.0 Å². The Kier molecular flexibility index (Phi) is 9.82. The first-order chi connectivity index (χ1) is 17.9. The number of carbonyl (C=O) groups excluding carboxylic acids is 2. The fourth-order valence-corrected chi connectivity index (χ4v) is 5.21. The molecule has 3 aromatic carbocycles. The summed E-state index contributed by atoms with van der Waals surface area (Å²) >= 11 is 12.3. The monoisotopic (exact) mass is 575 g/mol. The van der Waals surface area contributed by atoms with Gasteiger partial charge < -0.3 is 10.2 Å². The molecule has 38 heavy (non-hydrogen) atoms. The van der Waals surface area contributed by atoms with Crippen LogP contribution in [0.25, 0.3) is 0 Å². The van der Waals surface area contributed by atoms with Gasteiger partial charge in [-0.2, -0.15) is 0 Å². The predicted molar refractivity (Wildman–Crippen MR) is 153 cm³/mol. The Labute approximate surface area is 234 Å². The Morgan fingerprint density at radius 2 is 1.58 bits per heavy atom. The molecule has 0 saturated carbocycles. The number of nitrogens with zero attached hydrogens (tertiary/aromatic N) is 2. The summed E-state index contributed by atoms with van der Waals surface area (Å²) in [5.74, 6) is -0.913. The number of sulfonamides is 1. The smallest absolute Gasteiger partial charge is 0.244 e. The van der Waals surface area contributed by atoms with Gasteiger partial charge >= 0.3 is 0 Å². The lowest BCUT2D eigenvalue weighted by Gasteiger charge is -2.33. The Morgan fingerprint density at radius 3 is 2.16 bits per heavy atom. The molecule has 3 rings (SSSR count). The van der Waals surface area contributed by atoms with E-state index in [1.165, 1.54) is 11.9 Å². The van der Waals surface area contributed by atoms with E-state index in [2.05, 4.69) is 5.32 Å². The van der Waals surface area contributed by atoms with E-state index in [0.717, 1.165) is 27.3 Å². The highest BCUT2D eigenvalue weighted by molar-refractivity contribution is 7.92. The van der Waals surface area contributed by atoms with E-state index in [4.69, 9.17) is 23.2 Å². The number of anilines is 1. The van der Waals surface area contributed by atoms with Crippen molar-refractivity contribution in [3.05, 3.63) is 99.0 Å². The molecule has 2 amide bonds. The fourth-order valence-electron chi connectivity index (χ4n) is 4.05. The van der Waals surface area contributed by atoms with Crippen LogP contribution in [0.2, 0.25) is 10.0 Å². The highest BCUT2D eigenvalue weighted by atomic mass is 35.5. The average molecular weight is 577 g/mol. The molecule has 7 nitrogen and oxygen atoms in total. The molecule has 0 radical (unpaired) electrons. The van der Waals surface area contributed by atoms with Gasteiger partial charge in [0.25, 0.3) is 0 Å². The molecule has 202 valence electrons. The molecular weight excluding hydrogens is 545 g/mol. The van der Waals surface area contributed by atoms with E-state index in [1.54, 1.807) is 30.3 Å². The number of amides is 2. The predicted octanol–water partition coefficient (Wildman–Crippen LogP) is 4.76. The number of rotatable bonds is 10. The molecule has 1 atom stereocenters. The van der Waals surface area contributed by atoms with Gasteiger partial charge in [-0.05, 0) is 60.4 Å². The summed E-state index contributed by atoms with van der Waals surface area (Å²) in [6.07, 6.45) is 1.29. The second-order valence-corrected chi connectivity index (χ2v) is 11.8. The van der Waals surface area contributed by atoms with Crippen molar-refractivity contribution >= 4 is 50.7 Å². The quantitative estimate of drug-likeness (QED) is 0.377. The maximum absolute atomic E-state index is 13.9. The zero-order chi connectivity index (χ0) is 28.0. The molecule has 0 aliphatic rings. The Balaban J connectivity index is 2.05. The Hall–Kier alpha value is -3.07. The molecular formula is C28H31Cl2N3O4S. The molecule has 3 aromatic rings. The highest BCUT2D eigenvalue weighted by Crippen LogP contribution is 2.26. The number of aryl methyl sites for hydroxylation is 2. The van der Waals surface area contributed by atoms with E-state index in [0.29, 0.717) is 21.3 Å². The topological polar surface area (TPSA) is 86.8 Å². The van der Waals surface area contributed by atoms with Gasteiger partial charge in [-0.25, -0.2) is 8.42 Å². The van der Waals surface area contributed by atoms with Crippen LogP contribution in [0.5, 0.6) is 0 Å². The van der Waals surface area contributed by atoms with Crippen LogP contribution in [0.3, 0.4) is 0 Å². The number of carbonyl (C=O) groups is 2. The molecule has 0 heterocycles. The van der Waals surface area contributed by atoms with Gasteiger partial charge in [-0.1, -0.05) is 65.7 Å². The van der Waals surface area contributed by atoms with Gasteiger partial charge in [0.2, 0.25) is 21.8 Å². The van der Waals surface area contributed by atoms with E-state index in [9.17, 15) is 18.0 Å².